The number of nitrogens with zero attached hydrogens (tertiary/aromatic N) is 1. The van der Waals surface area contributed by atoms with Gasteiger partial charge in [0.1, 0.15) is 23.6 Å². The molecule has 10 heteroatoms. The van der Waals surface area contributed by atoms with Crippen molar-refractivity contribution in [3.8, 4) is 11.5 Å². The number of alkyl halides is 3. The molecule has 0 aliphatic rings. The standard InChI is InChI=1S/C28H28F3N3O4/c1-32-22-8-5-20(6-9-22)7-12-27-34-25-11-10-23(18-26(25)37-27)36-16-15-35-14-13-33-19-21-3-2-4-24(17-21)38-28(29,30)31/h2-12,17-18,32-33H,13-16,19H2,1H3/b12-7+. The molecule has 0 unspecified atom stereocenters. The molecule has 0 fully saturated rings. The maximum Gasteiger partial charge on any atom is 0.573 e. The van der Waals surface area contributed by atoms with Gasteiger partial charge in [0.2, 0.25) is 5.89 Å². The minimum Gasteiger partial charge on any atom is -0.491 e. The minimum absolute atomic E-state index is 0.239. The van der Waals surface area contributed by atoms with Gasteiger partial charge in [-0.15, -0.1) is 13.2 Å². The monoisotopic (exact) mass is 527 g/mol. The molecule has 200 valence electrons. The summed E-state index contributed by atoms with van der Waals surface area (Å²) >= 11 is 0. The van der Waals surface area contributed by atoms with Crippen molar-refractivity contribution in [1.29, 1.82) is 0 Å². The predicted octanol–water partition coefficient (Wildman–Crippen LogP) is 6.12. The fourth-order valence-electron chi connectivity index (χ4n) is 3.56. The fraction of sp³-hybridized carbons (Fsp3) is 0.250. The van der Waals surface area contributed by atoms with Crippen molar-refractivity contribution in [2.75, 3.05) is 38.7 Å². The highest BCUT2D eigenvalue weighted by molar-refractivity contribution is 5.77. The van der Waals surface area contributed by atoms with Gasteiger partial charge in [0.25, 0.3) is 0 Å². The van der Waals surface area contributed by atoms with Crippen molar-refractivity contribution >= 4 is 28.9 Å². The lowest BCUT2D eigenvalue weighted by Gasteiger charge is -2.11. The van der Waals surface area contributed by atoms with Crippen LogP contribution in [0.25, 0.3) is 23.3 Å². The first-order valence-corrected chi connectivity index (χ1v) is 12.0. The van der Waals surface area contributed by atoms with E-state index >= 15 is 0 Å². The molecule has 0 radical (unpaired) electrons. The van der Waals surface area contributed by atoms with E-state index in [1.165, 1.54) is 18.2 Å². The molecule has 38 heavy (non-hydrogen) atoms. The van der Waals surface area contributed by atoms with Crippen molar-refractivity contribution in [3.63, 3.8) is 0 Å². The molecule has 2 N–H and O–H groups in total. The lowest BCUT2D eigenvalue weighted by Crippen LogP contribution is -2.21. The number of fused-ring (bicyclic) bond motifs is 1. The van der Waals surface area contributed by atoms with Crippen LogP contribution in [0, 0.1) is 0 Å². The summed E-state index contributed by atoms with van der Waals surface area (Å²) in [4.78, 5) is 4.47. The number of nitrogens with one attached hydrogen (secondary N) is 2. The number of hydrogen-bond acceptors (Lipinski definition) is 7. The first-order valence-electron chi connectivity index (χ1n) is 12.0. The fourth-order valence-corrected chi connectivity index (χ4v) is 3.56. The number of anilines is 1. The number of halogens is 3. The zero-order chi connectivity index (χ0) is 26.8. The smallest absolute Gasteiger partial charge is 0.491 e. The van der Waals surface area contributed by atoms with E-state index in [-0.39, 0.29) is 5.75 Å². The molecule has 0 aliphatic carbocycles. The van der Waals surface area contributed by atoms with Crippen LogP contribution in [0.5, 0.6) is 11.5 Å². The quantitative estimate of drug-likeness (QED) is 0.203. The Labute approximate surface area is 218 Å². The molecule has 0 atom stereocenters. The number of oxazole rings is 1. The molecular formula is C28H28F3N3O4. The van der Waals surface area contributed by atoms with E-state index in [0.717, 1.165) is 16.8 Å². The van der Waals surface area contributed by atoms with Crippen LogP contribution in [-0.4, -0.2) is 44.8 Å². The van der Waals surface area contributed by atoms with Crippen LogP contribution >= 0.6 is 0 Å². The molecule has 1 heterocycles. The summed E-state index contributed by atoms with van der Waals surface area (Å²) in [6, 6.07) is 19.3. The molecule has 0 bridgehead atoms. The molecule has 4 aromatic rings. The van der Waals surface area contributed by atoms with Gasteiger partial charge in [-0.3, -0.25) is 0 Å². The van der Waals surface area contributed by atoms with Crippen LogP contribution in [0.3, 0.4) is 0 Å². The Balaban J connectivity index is 1.14. The van der Waals surface area contributed by atoms with Gasteiger partial charge in [0.05, 0.1) is 13.2 Å². The topological polar surface area (TPSA) is 77.8 Å². The SMILES string of the molecule is CNc1ccc(/C=C/c2nc3ccc(OCCOCCNCc4cccc(OC(F)(F)F)c4)cc3o2)cc1. The van der Waals surface area contributed by atoms with Gasteiger partial charge >= 0.3 is 6.36 Å². The van der Waals surface area contributed by atoms with Gasteiger partial charge in [-0.25, -0.2) is 4.98 Å². The average Bonchev–Trinajstić information content (AvgIpc) is 3.31. The van der Waals surface area contributed by atoms with Crippen molar-refractivity contribution in [2.45, 2.75) is 12.9 Å². The Kier molecular flexibility index (Phi) is 9.23. The second-order valence-corrected chi connectivity index (χ2v) is 8.22. The Bertz CT molecular complexity index is 1340. The minimum atomic E-state index is -4.71. The second kappa shape index (κ2) is 13.0. The third-order valence-corrected chi connectivity index (χ3v) is 5.37. The maximum atomic E-state index is 12.3. The van der Waals surface area contributed by atoms with E-state index in [0.29, 0.717) is 55.7 Å². The van der Waals surface area contributed by atoms with E-state index < -0.39 is 6.36 Å². The zero-order valence-electron chi connectivity index (χ0n) is 20.8. The molecule has 0 saturated heterocycles. The molecule has 0 amide bonds. The number of rotatable bonds is 13. The van der Waals surface area contributed by atoms with Gasteiger partial charge in [0.15, 0.2) is 5.58 Å². The summed E-state index contributed by atoms with van der Waals surface area (Å²) < 4.78 is 58.0. The van der Waals surface area contributed by atoms with Gasteiger partial charge in [-0.1, -0.05) is 24.3 Å². The van der Waals surface area contributed by atoms with E-state index in [1.54, 1.807) is 12.1 Å². The van der Waals surface area contributed by atoms with Crippen molar-refractivity contribution in [3.05, 3.63) is 83.7 Å². The first-order chi connectivity index (χ1) is 18.4. The highest BCUT2D eigenvalue weighted by atomic mass is 19.4. The molecule has 1 aromatic heterocycles. The van der Waals surface area contributed by atoms with Crippen LogP contribution in [-0.2, 0) is 11.3 Å². The number of aromatic nitrogens is 1. The molecular weight excluding hydrogens is 499 g/mol. The lowest BCUT2D eigenvalue weighted by molar-refractivity contribution is -0.274. The van der Waals surface area contributed by atoms with E-state index in [9.17, 15) is 13.2 Å². The largest absolute Gasteiger partial charge is 0.573 e. The number of ether oxygens (including phenoxy) is 3. The summed E-state index contributed by atoms with van der Waals surface area (Å²) in [5.41, 5.74) is 4.12. The molecule has 0 saturated carbocycles. The summed E-state index contributed by atoms with van der Waals surface area (Å²) in [5.74, 6) is 0.914. The van der Waals surface area contributed by atoms with Crippen LogP contribution in [0.15, 0.2) is 71.1 Å². The highest BCUT2D eigenvalue weighted by Gasteiger charge is 2.31. The molecule has 0 aliphatic heterocycles. The van der Waals surface area contributed by atoms with Crippen molar-refractivity contribution in [2.24, 2.45) is 0 Å². The lowest BCUT2D eigenvalue weighted by atomic mass is 10.2. The van der Waals surface area contributed by atoms with E-state index in [2.05, 4.69) is 20.4 Å². The summed E-state index contributed by atoms with van der Waals surface area (Å²) in [6.45, 7) is 2.09. The third-order valence-electron chi connectivity index (χ3n) is 5.37. The van der Waals surface area contributed by atoms with Crippen LogP contribution in [0.4, 0.5) is 18.9 Å². The molecule has 4 rings (SSSR count). The predicted molar refractivity (Wildman–Crippen MR) is 140 cm³/mol. The Morgan fingerprint density at radius 2 is 1.76 bits per heavy atom. The third kappa shape index (κ3) is 8.53. The van der Waals surface area contributed by atoms with Gasteiger partial charge in [-0.05, 0) is 53.6 Å². The first kappa shape index (κ1) is 27.0. The second-order valence-electron chi connectivity index (χ2n) is 8.22. The van der Waals surface area contributed by atoms with Gasteiger partial charge in [0, 0.05) is 38.0 Å². The Morgan fingerprint density at radius 3 is 2.55 bits per heavy atom. The Morgan fingerprint density at radius 1 is 0.921 bits per heavy atom. The molecule has 7 nitrogen and oxygen atoms in total. The zero-order valence-corrected chi connectivity index (χ0v) is 20.8. The average molecular weight is 528 g/mol. The Hall–Kier alpha value is -4.02. The van der Waals surface area contributed by atoms with Crippen LogP contribution in [0.2, 0.25) is 0 Å². The van der Waals surface area contributed by atoms with E-state index in [4.69, 9.17) is 13.9 Å². The van der Waals surface area contributed by atoms with E-state index in [1.807, 2.05) is 55.6 Å². The summed E-state index contributed by atoms with van der Waals surface area (Å²) in [5, 5.41) is 6.20. The van der Waals surface area contributed by atoms with Crippen molar-refractivity contribution in [1.82, 2.24) is 10.3 Å². The normalized spacial score (nSPS) is 11.8. The summed E-state index contributed by atoms with van der Waals surface area (Å²) in [7, 11) is 1.88. The van der Waals surface area contributed by atoms with Gasteiger partial charge < -0.3 is 29.3 Å². The van der Waals surface area contributed by atoms with Crippen LogP contribution in [0.1, 0.15) is 17.0 Å². The highest BCUT2D eigenvalue weighted by Crippen LogP contribution is 2.24. The maximum absolute atomic E-state index is 12.3. The van der Waals surface area contributed by atoms with Gasteiger partial charge in [-0.2, -0.15) is 0 Å². The number of hydrogen-bond donors (Lipinski definition) is 2. The van der Waals surface area contributed by atoms with Crippen molar-refractivity contribution < 1.29 is 31.8 Å². The molecule has 3 aromatic carbocycles. The summed E-state index contributed by atoms with van der Waals surface area (Å²) in [6.07, 6.45) is -0.945. The van der Waals surface area contributed by atoms with Crippen LogP contribution < -0.4 is 20.1 Å². The molecule has 0 spiro atoms. The number of benzene rings is 3.